The number of likely N-dealkylation sites (tertiary alicyclic amines) is 1. The Morgan fingerprint density at radius 1 is 1.17 bits per heavy atom. The standard InChI is InChI=1S/C13H25N3O2/c1-13(2,3)15-7-6-11(17)14-10-12(18)16-8-4-5-9-16/h15H,4-10H2,1-3H3,(H,14,17). The van der Waals surface area contributed by atoms with Crippen LogP contribution in [0.25, 0.3) is 0 Å². The van der Waals surface area contributed by atoms with Gasteiger partial charge in [-0.15, -0.1) is 0 Å². The fourth-order valence-electron chi connectivity index (χ4n) is 1.89. The van der Waals surface area contributed by atoms with Gasteiger partial charge in [-0.2, -0.15) is 0 Å². The normalized spacial score (nSPS) is 15.8. The molecule has 0 unspecified atom stereocenters. The Bertz CT molecular complexity index is 291. The zero-order chi connectivity index (χ0) is 13.6. The van der Waals surface area contributed by atoms with E-state index in [0.717, 1.165) is 25.9 Å². The van der Waals surface area contributed by atoms with Gasteiger partial charge >= 0.3 is 0 Å². The van der Waals surface area contributed by atoms with Gasteiger partial charge in [0.2, 0.25) is 11.8 Å². The number of nitrogens with zero attached hydrogens (tertiary/aromatic N) is 1. The van der Waals surface area contributed by atoms with E-state index in [4.69, 9.17) is 0 Å². The SMILES string of the molecule is CC(C)(C)NCCC(=O)NCC(=O)N1CCCC1. The topological polar surface area (TPSA) is 61.4 Å². The highest BCUT2D eigenvalue weighted by Gasteiger charge is 2.18. The molecule has 5 nitrogen and oxygen atoms in total. The van der Waals surface area contributed by atoms with E-state index < -0.39 is 0 Å². The second-order valence-electron chi connectivity index (χ2n) is 5.79. The molecule has 5 heteroatoms. The van der Waals surface area contributed by atoms with E-state index >= 15 is 0 Å². The lowest BCUT2D eigenvalue weighted by molar-refractivity contribution is -0.132. The molecule has 1 saturated heterocycles. The Morgan fingerprint density at radius 3 is 2.33 bits per heavy atom. The first kappa shape index (κ1) is 15.0. The summed E-state index contributed by atoms with van der Waals surface area (Å²) in [6.45, 7) is 8.60. The van der Waals surface area contributed by atoms with Crippen LogP contribution in [-0.4, -0.2) is 48.4 Å². The highest BCUT2D eigenvalue weighted by Crippen LogP contribution is 2.06. The van der Waals surface area contributed by atoms with Crippen LogP contribution in [0.4, 0.5) is 0 Å². The van der Waals surface area contributed by atoms with Gasteiger partial charge in [-0.3, -0.25) is 9.59 Å². The first-order chi connectivity index (χ1) is 8.38. The Hall–Kier alpha value is -1.10. The molecule has 0 spiro atoms. The van der Waals surface area contributed by atoms with Crippen LogP contribution >= 0.6 is 0 Å². The monoisotopic (exact) mass is 255 g/mol. The Kier molecular flexibility index (Phi) is 5.59. The molecule has 1 fully saturated rings. The highest BCUT2D eigenvalue weighted by molar-refractivity contribution is 5.84. The summed E-state index contributed by atoms with van der Waals surface area (Å²) in [5.41, 5.74) is 0.0195. The molecule has 1 aliphatic rings. The van der Waals surface area contributed by atoms with Crippen LogP contribution in [0.3, 0.4) is 0 Å². The lowest BCUT2D eigenvalue weighted by atomic mass is 10.1. The van der Waals surface area contributed by atoms with E-state index in [1.54, 1.807) is 0 Å². The molecule has 2 N–H and O–H groups in total. The van der Waals surface area contributed by atoms with E-state index in [1.165, 1.54) is 0 Å². The number of rotatable bonds is 5. The summed E-state index contributed by atoms with van der Waals surface area (Å²) in [5, 5.41) is 5.91. The van der Waals surface area contributed by atoms with Crippen LogP contribution in [0.2, 0.25) is 0 Å². The molecule has 1 heterocycles. The molecule has 18 heavy (non-hydrogen) atoms. The van der Waals surface area contributed by atoms with Gasteiger partial charge in [0, 0.05) is 31.6 Å². The van der Waals surface area contributed by atoms with Gasteiger partial charge in [-0.05, 0) is 33.6 Å². The van der Waals surface area contributed by atoms with E-state index in [9.17, 15) is 9.59 Å². The molecular weight excluding hydrogens is 230 g/mol. The molecule has 0 aliphatic carbocycles. The van der Waals surface area contributed by atoms with Crippen LogP contribution in [0.1, 0.15) is 40.0 Å². The number of carbonyl (C=O) groups excluding carboxylic acids is 2. The Labute approximate surface area is 109 Å². The van der Waals surface area contributed by atoms with Gasteiger partial charge in [0.15, 0.2) is 0 Å². The van der Waals surface area contributed by atoms with Crippen LogP contribution in [0, 0.1) is 0 Å². The van der Waals surface area contributed by atoms with Crippen molar-refractivity contribution < 1.29 is 9.59 Å². The molecule has 1 rings (SSSR count). The van der Waals surface area contributed by atoms with Gasteiger partial charge in [0.1, 0.15) is 0 Å². The summed E-state index contributed by atoms with van der Waals surface area (Å²) in [7, 11) is 0. The minimum Gasteiger partial charge on any atom is -0.347 e. The minimum atomic E-state index is -0.0701. The van der Waals surface area contributed by atoms with Crippen molar-refractivity contribution >= 4 is 11.8 Å². The molecule has 0 bridgehead atoms. The lowest BCUT2D eigenvalue weighted by Gasteiger charge is -2.20. The first-order valence-electron chi connectivity index (χ1n) is 6.68. The molecule has 0 aromatic rings. The summed E-state index contributed by atoms with van der Waals surface area (Å²) in [4.78, 5) is 25.0. The second-order valence-corrected chi connectivity index (χ2v) is 5.79. The predicted octanol–water partition coefficient (Wildman–Crippen LogP) is 0.503. The van der Waals surface area contributed by atoms with Crippen LogP contribution in [-0.2, 0) is 9.59 Å². The molecule has 104 valence electrons. The maximum absolute atomic E-state index is 11.7. The minimum absolute atomic E-state index is 0.0195. The second kappa shape index (κ2) is 6.73. The van der Waals surface area contributed by atoms with Gasteiger partial charge in [-0.1, -0.05) is 0 Å². The predicted molar refractivity (Wildman–Crippen MR) is 71.2 cm³/mol. The molecule has 1 aliphatic heterocycles. The summed E-state index contributed by atoms with van der Waals surface area (Å²) in [6, 6.07) is 0. The number of nitrogens with one attached hydrogen (secondary N) is 2. The van der Waals surface area contributed by atoms with Crippen molar-refractivity contribution in [2.45, 2.75) is 45.6 Å². The Balaban J connectivity index is 2.11. The number of carbonyl (C=O) groups is 2. The third-order valence-electron chi connectivity index (χ3n) is 2.90. The van der Waals surface area contributed by atoms with Crippen molar-refractivity contribution in [3.8, 4) is 0 Å². The van der Waals surface area contributed by atoms with Crippen molar-refractivity contribution in [3.63, 3.8) is 0 Å². The summed E-state index contributed by atoms with van der Waals surface area (Å²) in [5.74, 6) is -0.0380. The number of amides is 2. The summed E-state index contributed by atoms with van der Waals surface area (Å²) >= 11 is 0. The molecule has 0 aromatic heterocycles. The molecule has 0 aromatic carbocycles. The largest absolute Gasteiger partial charge is 0.347 e. The van der Waals surface area contributed by atoms with Crippen molar-refractivity contribution in [2.75, 3.05) is 26.2 Å². The average molecular weight is 255 g/mol. The Morgan fingerprint density at radius 2 is 1.78 bits per heavy atom. The fourth-order valence-corrected chi connectivity index (χ4v) is 1.89. The zero-order valence-corrected chi connectivity index (χ0v) is 11.7. The third-order valence-corrected chi connectivity index (χ3v) is 2.90. The van der Waals surface area contributed by atoms with Gasteiger partial charge < -0.3 is 15.5 Å². The fraction of sp³-hybridized carbons (Fsp3) is 0.846. The van der Waals surface area contributed by atoms with Crippen molar-refractivity contribution in [3.05, 3.63) is 0 Å². The molecule has 2 amide bonds. The molecular formula is C13H25N3O2. The quantitative estimate of drug-likeness (QED) is 0.752. The number of hydrogen-bond donors (Lipinski definition) is 2. The molecule has 0 radical (unpaired) electrons. The molecule has 0 atom stereocenters. The third kappa shape index (κ3) is 6.00. The van der Waals surface area contributed by atoms with Gasteiger partial charge in [-0.25, -0.2) is 0 Å². The molecule has 0 saturated carbocycles. The van der Waals surface area contributed by atoms with E-state index in [2.05, 4.69) is 31.4 Å². The van der Waals surface area contributed by atoms with E-state index in [-0.39, 0.29) is 23.9 Å². The van der Waals surface area contributed by atoms with E-state index in [1.807, 2.05) is 4.90 Å². The van der Waals surface area contributed by atoms with Crippen molar-refractivity contribution in [2.24, 2.45) is 0 Å². The summed E-state index contributed by atoms with van der Waals surface area (Å²) in [6.07, 6.45) is 2.56. The van der Waals surface area contributed by atoms with Crippen LogP contribution < -0.4 is 10.6 Å². The number of hydrogen-bond acceptors (Lipinski definition) is 3. The lowest BCUT2D eigenvalue weighted by Crippen LogP contribution is -2.41. The van der Waals surface area contributed by atoms with E-state index in [0.29, 0.717) is 13.0 Å². The van der Waals surface area contributed by atoms with Gasteiger partial charge in [0.05, 0.1) is 6.54 Å². The van der Waals surface area contributed by atoms with Crippen molar-refractivity contribution in [1.82, 2.24) is 15.5 Å². The van der Waals surface area contributed by atoms with Crippen LogP contribution in [0.5, 0.6) is 0 Å². The summed E-state index contributed by atoms with van der Waals surface area (Å²) < 4.78 is 0. The van der Waals surface area contributed by atoms with Crippen LogP contribution in [0.15, 0.2) is 0 Å². The zero-order valence-electron chi connectivity index (χ0n) is 11.7. The maximum atomic E-state index is 11.7. The highest BCUT2D eigenvalue weighted by atomic mass is 16.2. The first-order valence-corrected chi connectivity index (χ1v) is 6.68. The van der Waals surface area contributed by atoms with Gasteiger partial charge in [0.25, 0.3) is 0 Å². The average Bonchev–Trinajstić information content (AvgIpc) is 2.77. The van der Waals surface area contributed by atoms with Crippen molar-refractivity contribution in [1.29, 1.82) is 0 Å². The maximum Gasteiger partial charge on any atom is 0.241 e. The smallest absolute Gasteiger partial charge is 0.241 e.